The van der Waals surface area contributed by atoms with E-state index in [1.165, 1.54) is 24.3 Å². The third-order valence-electron chi connectivity index (χ3n) is 7.62. The third-order valence-corrected chi connectivity index (χ3v) is 7.62. The van der Waals surface area contributed by atoms with Crippen molar-refractivity contribution in [2.24, 2.45) is 5.92 Å². The van der Waals surface area contributed by atoms with Gasteiger partial charge in [-0.05, 0) is 61.7 Å². The SMILES string of the molecule is CC(O)(c1ccc([C@@H]2CN(C(=O)C3CCNCC3)C[C@]2(C)c2ccc(F)cc2)cc1)C(F)(F)F. The van der Waals surface area contributed by atoms with Gasteiger partial charge in [-0.15, -0.1) is 0 Å². The lowest BCUT2D eigenvalue weighted by molar-refractivity contribution is -0.258. The zero-order chi connectivity index (χ0) is 24.7. The smallest absolute Gasteiger partial charge is 0.376 e. The molecule has 3 atom stereocenters. The highest BCUT2D eigenvalue weighted by Gasteiger charge is 2.51. The van der Waals surface area contributed by atoms with Gasteiger partial charge in [-0.1, -0.05) is 43.3 Å². The maximum absolute atomic E-state index is 13.6. The van der Waals surface area contributed by atoms with Gasteiger partial charge in [0.25, 0.3) is 0 Å². The summed E-state index contributed by atoms with van der Waals surface area (Å²) < 4.78 is 53.5. The Balaban J connectivity index is 1.67. The number of piperidine rings is 1. The van der Waals surface area contributed by atoms with Crippen molar-refractivity contribution in [2.75, 3.05) is 26.2 Å². The van der Waals surface area contributed by atoms with Crippen molar-refractivity contribution in [1.82, 2.24) is 10.2 Å². The molecule has 4 nitrogen and oxygen atoms in total. The van der Waals surface area contributed by atoms with Crippen LogP contribution in [0.5, 0.6) is 0 Å². The number of hydrogen-bond donors (Lipinski definition) is 2. The highest BCUT2D eigenvalue weighted by atomic mass is 19.4. The fraction of sp³-hybridized carbons (Fsp3) is 0.500. The summed E-state index contributed by atoms with van der Waals surface area (Å²) in [6, 6.07) is 12.0. The minimum atomic E-state index is -4.80. The van der Waals surface area contributed by atoms with Crippen molar-refractivity contribution in [3.63, 3.8) is 0 Å². The first kappa shape index (κ1) is 24.7. The summed E-state index contributed by atoms with van der Waals surface area (Å²) in [7, 11) is 0. The molecule has 0 bridgehead atoms. The molecule has 0 spiro atoms. The van der Waals surface area contributed by atoms with Gasteiger partial charge >= 0.3 is 6.18 Å². The van der Waals surface area contributed by atoms with Crippen LogP contribution in [0.15, 0.2) is 48.5 Å². The highest BCUT2D eigenvalue weighted by molar-refractivity contribution is 5.80. The first-order valence-electron chi connectivity index (χ1n) is 11.6. The van der Waals surface area contributed by atoms with Gasteiger partial charge in [-0.2, -0.15) is 13.2 Å². The lowest BCUT2D eigenvalue weighted by Gasteiger charge is -2.32. The van der Waals surface area contributed by atoms with E-state index in [2.05, 4.69) is 5.32 Å². The van der Waals surface area contributed by atoms with E-state index in [4.69, 9.17) is 0 Å². The minimum Gasteiger partial charge on any atom is -0.376 e. The molecule has 0 radical (unpaired) electrons. The van der Waals surface area contributed by atoms with E-state index >= 15 is 0 Å². The van der Waals surface area contributed by atoms with Crippen LogP contribution >= 0.6 is 0 Å². The number of amides is 1. The van der Waals surface area contributed by atoms with Crippen molar-refractivity contribution in [1.29, 1.82) is 0 Å². The number of nitrogens with zero attached hydrogens (tertiary/aromatic N) is 1. The summed E-state index contributed by atoms with van der Waals surface area (Å²) in [4.78, 5) is 15.2. The number of benzene rings is 2. The normalized spacial score (nSPS) is 25.9. The average molecular weight is 479 g/mol. The summed E-state index contributed by atoms with van der Waals surface area (Å²) in [6.45, 7) is 5.20. The Labute approximate surface area is 197 Å². The van der Waals surface area contributed by atoms with E-state index < -0.39 is 17.2 Å². The van der Waals surface area contributed by atoms with E-state index in [1.807, 2.05) is 11.8 Å². The van der Waals surface area contributed by atoms with Crippen LogP contribution in [0, 0.1) is 11.7 Å². The van der Waals surface area contributed by atoms with Crippen LogP contribution < -0.4 is 5.32 Å². The zero-order valence-electron chi connectivity index (χ0n) is 19.3. The Morgan fingerprint density at radius 2 is 1.65 bits per heavy atom. The molecule has 2 heterocycles. The first-order valence-corrected chi connectivity index (χ1v) is 11.6. The largest absolute Gasteiger partial charge is 0.421 e. The zero-order valence-corrected chi connectivity index (χ0v) is 19.3. The van der Waals surface area contributed by atoms with Crippen molar-refractivity contribution in [3.8, 4) is 0 Å². The molecule has 184 valence electrons. The van der Waals surface area contributed by atoms with E-state index in [0.29, 0.717) is 13.1 Å². The Morgan fingerprint density at radius 1 is 1.06 bits per heavy atom. The van der Waals surface area contributed by atoms with Gasteiger partial charge in [0.15, 0.2) is 5.60 Å². The average Bonchev–Trinajstić information content (AvgIpc) is 3.17. The standard InChI is InChI=1S/C26H30F4N2O2/c1-24(19-7-9-21(27)10-8-19)16-32(23(33)18-11-13-31-14-12-18)15-22(24)17-3-5-20(6-4-17)25(2,34)26(28,29)30/h3-10,18,22,31,34H,11-16H2,1-2H3/t22-,24+,25?/m0/s1. The molecule has 2 aromatic rings. The van der Waals surface area contributed by atoms with Gasteiger partial charge < -0.3 is 15.3 Å². The number of halogens is 4. The van der Waals surface area contributed by atoms with E-state index in [0.717, 1.165) is 44.0 Å². The van der Waals surface area contributed by atoms with Crippen LogP contribution in [-0.4, -0.2) is 48.3 Å². The Bertz CT molecular complexity index is 1010. The number of hydrogen-bond acceptors (Lipinski definition) is 3. The quantitative estimate of drug-likeness (QED) is 0.638. The molecule has 4 rings (SSSR count). The molecule has 2 aliphatic rings. The van der Waals surface area contributed by atoms with Gasteiger partial charge in [-0.3, -0.25) is 4.79 Å². The van der Waals surface area contributed by atoms with E-state index in [1.54, 1.807) is 24.3 Å². The van der Waals surface area contributed by atoms with E-state index in [9.17, 15) is 27.5 Å². The number of nitrogens with one attached hydrogen (secondary N) is 1. The molecule has 1 amide bonds. The van der Waals surface area contributed by atoms with Gasteiger partial charge in [0.2, 0.25) is 5.91 Å². The van der Waals surface area contributed by atoms with Crippen LogP contribution in [0.4, 0.5) is 17.6 Å². The molecule has 34 heavy (non-hydrogen) atoms. The predicted octanol–water partition coefficient (Wildman–Crippen LogP) is 4.48. The molecule has 2 fully saturated rings. The molecule has 2 aromatic carbocycles. The summed E-state index contributed by atoms with van der Waals surface area (Å²) in [5.41, 5.74) is -2.11. The second kappa shape index (κ2) is 8.96. The number of aliphatic hydroxyl groups is 1. The van der Waals surface area contributed by atoms with Crippen LogP contribution in [0.1, 0.15) is 49.3 Å². The monoisotopic (exact) mass is 478 g/mol. The maximum atomic E-state index is 13.6. The topological polar surface area (TPSA) is 52.6 Å². The van der Waals surface area contributed by atoms with Crippen molar-refractivity contribution in [3.05, 3.63) is 71.0 Å². The fourth-order valence-corrected chi connectivity index (χ4v) is 5.29. The lowest BCUT2D eigenvalue weighted by Crippen LogP contribution is -2.41. The Hall–Kier alpha value is -2.45. The molecular formula is C26H30F4N2O2. The first-order chi connectivity index (χ1) is 15.9. The molecule has 0 saturated carbocycles. The predicted molar refractivity (Wildman–Crippen MR) is 121 cm³/mol. The molecular weight excluding hydrogens is 448 g/mol. The lowest BCUT2D eigenvalue weighted by atomic mass is 9.71. The highest BCUT2D eigenvalue weighted by Crippen LogP contribution is 2.46. The number of rotatable bonds is 4. The number of alkyl halides is 3. The molecule has 1 unspecified atom stereocenters. The Morgan fingerprint density at radius 3 is 2.21 bits per heavy atom. The second-order valence-corrected chi connectivity index (χ2v) is 9.91. The van der Waals surface area contributed by atoms with Crippen molar-refractivity contribution < 1.29 is 27.5 Å². The molecule has 2 aliphatic heterocycles. The molecule has 8 heteroatoms. The molecule has 2 saturated heterocycles. The Kier molecular flexibility index (Phi) is 6.50. The number of carbonyl (C=O) groups excluding carboxylic acids is 1. The third kappa shape index (κ3) is 4.45. The maximum Gasteiger partial charge on any atom is 0.421 e. The summed E-state index contributed by atoms with van der Waals surface area (Å²) in [5, 5.41) is 13.3. The number of carbonyl (C=O) groups is 1. The molecule has 0 aliphatic carbocycles. The summed E-state index contributed by atoms with van der Waals surface area (Å²) >= 11 is 0. The fourth-order valence-electron chi connectivity index (χ4n) is 5.29. The van der Waals surface area contributed by atoms with Gasteiger partial charge in [0.1, 0.15) is 5.82 Å². The molecule has 2 N–H and O–H groups in total. The second-order valence-electron chi connectivity index (χ2n) is 9.91. The van der Waals surface area contributed by atoms with E-state index in [-0.39, 0.29) is 29.1 Å². The number of likely N-dealkylation sites (tertiary alicyclic amines) is 1. The van der Waals surface area contributed by atoms with Crippen LogP contribution in [0.3, 0.4) is 0 Å². The van der Waals surface area contributed by atoms with Gasteiger partial charge in [0.05, 0.1) is 0 Å². The van der Waals surface area contributed by atoms with Crippen LogP contribution in [0.25, 0.3) is 0 Å². The van der Waals surface area contributed by atoms with Crippen molar-refractivity contribution in [2.45, 2.75) is 49.8 Å². The molecule has 0 aromatic heterocycles. The van der Waals surface area contributed by atoms with Gasteiger partial charge in [0, 0.05) is 30.3 Å². The summed E-state index contributed by atoms with van der Waals surface area (Å²) in [5.74, 6) is -0.521. The van der Waals surface area contributed by atoms with Gasteiger partial charge in [-0.25, -0.2) is 4.39 Å². The van der Waals surface area contributed by atoms with Crippen LogP contribution in [-0.2, 0) is 15.8 Å². The van der Waals surface area contributed by atoms with Crippen molar-refractivity contribution >= 4 is 5.91 Å². The van der Waals surface area contributed by atoms with Crippen LogP contribution in [0.2, 0.25) is 0 Å². The minimum absolute atomic E-state index is 0.0540. The summed E-state index contributed by atoms with van der Waals surface area (Å²) in [6.07, 6.45) is -3.26.